The molecule has 0 fully saturated rings. The van der Waals surface area contributed by atoms with Crippen LogP contribution in [-0.4, -0.2) is 32.6 Å². The Morgan fingerprint density at radius 3 is 2.43 bits per heavy atom. The number of methoxy groups -OCH3 is 1. The molecule has 3 N–H and O–H groups in total. The van der Waals surface area contributed by atoms with Crippen molar-refractivity contribution in [1.29, 1.82) is 0 Å². The van der Waals surface area contributed by atoms with Crippen LogP contribution in [0.4, 0.5) is 18.9 Å². The molecule has 30 heavy (non-hydrogen) atoms. The second-order valence-corrected chi connectivity index (χ2v) is 6.20. The number of nitrogens with one attached hydrogen (secondary N) is 1. The second-order valence-electron chi connectivity index (χ2n) is 6.20. The van der Waals surface area contributed by atoms with Crippen molar-refractivity contribution in [3.8, 4) is 11.5 Å². The fourth-order valence-corrected chi connectivity index (χ4v) is 2.41. The van der Waals surface area contributed by atoms with Crippen LogP contribution >= 0.6 is 24.0 Å². The number of alkyl halides is 3. The molecule has 0 aliphatic rings. The second kappa shape index (κ2) is 12.5. The maximum atomic E-state index is 12.2. The molecule has 2 aromatic rings. The Morgan fingerprint density at radius 2 is 1.80 bits per heavy atom. The number of anilines is 1. The maximum Gasteiger partial charge on any atom is 0.573 e. The monoisotopic (exact) mass is 539 g/mol. The van der Waals surface area contributed by atoms with E-state index < -0.39 is 6.36 Å². The van der Waals surface area contributed by atoms with E-state index in [0.717, 1.165) is 23.3 Å². The van der Waals surface area contributed by atoms with Crippen molar-refractivity contribution in [3.05, 3.63) is 53.6 Å². The predicted octanol–water partition coefficient (Wildman–Crippen LogP) is 4.85. The van der Waals surface area contributed by atoms with Crippen LogP contribution in [0, 0.1) is 6.92 Å². The van der Waals surface area contributed by atoms with Crippen molar-refractivity contribution in [2.24, 2.45) is 10.7 Å². The van der Waals surface area contributed by atoms with Crippen LogP contribution in [0.2, 0.25) is 0 Å². The largest absolute Gasteiger partial charge is 0.573 e. The standard InChI is InChI=1S/C20H24F3N3O3.HI/c1-14-4-5-15(18(12-14)28-11-3-10-27-2)13-25-19(24)26-16-6-8-17(9-7-16)29-20(21,22)23;/h4-9,12H,3,10-11,13H2,1-2H3,(H3,24,25,26);1H. The highest BCUT2D eigenvalue weighted by atomic mass is 127. The molecule has 10 heteroatoms. The first-order valence-corrected chi connectivity index (χ1v) is 8.91. The minimum absolute atomic E-state index is 0. The third-order valence-electron chi connectivity index (χ3n) is 3.75. The van der Waals surface area contributed by atoms with Gasteiger partial charge in [0.2, 0.25) is 0 Å². The number of nitrogens with zero attached hydrogens (tertiary/aromatic N) is 1. The van der Waals surface area contributed by atoms with Gasteiger partial charge < -0.3 is 25.3 Å². The SMILES string of the molecule is COCCCOc1cc(C)ccc1CN=C(N)Nc1ccc(OC(F)(F)F)cc1.I. The molecule has 0 bridgehead atoms. The average molecular weight is 539 g/mol. The molecule has 2 rings (SSSR count). The zero-order valence-electron chi connectivity index (χ0n) is 16.7. The van der Waals surface area contributed by atoms with Gasteiger partial charge >= 0.3 is 6.36 Å². The minimum Gasteiger partial charge on any atom is -0.493 e. The van der Waals surface area contributed by atoms with Crippen molar-refractivity contribution in [1.82, 2.24) is 0 Å². The molecule has 0 aromatic heterocycles. The Labute approximate surface area is 190 Å². The van der Waals surface area contributed by atoms with E-state index in [1.807, 2.05) is 25.1 Å². The van der Waals surface area contributed by atoms with Crippen LogP contribution in [0.5, 0.6) is 11.5 Å². The lowest BCUT2D eigenvalue weighted by Crippen LogP contribution is -2.22. The number of aliphatic imine (C=N–C) groups is 1. The van der Waals surface area contributed by atoms with Gasteiger partial charge in [0.1, 0.15) is 11.5 Å². The molecule has 0 amide bonds. The number of benzene rings is 2. The van der Waals surface area contributed by atoms with Gasteiger partial charge in [-0.2, -0.15) is 0 Å². The van der Waals surface area contributed by atoms with E-state index in [0.29, 0.717) is 18.9 Å². The minimum atomic E-state index is -4.73. The molecule has 0 aliphatic heterocycles. The quantitative estimate of drug-likeness (QED) is 0.206. The lowest BCUT2D eigenvalue weighted by atomic mass is 10.1. The van der Waals surface area contributed by atoms with Gasteiger partial charge in [0, 0.05) is 31.4 Å². The van der Waals surface area contributed by atoms with Crippen molar-refractivity contribution in [3.63, 3.8) is 0 Å². The summed E-state index contributed by atoms with van der Waals surface area (Å²) >= 11 is 0. The van der Waals surface area contributed by atoms with Crippen LogP contribution < -0.4 is 20.5 Å². The van der Waals surface area contributed by atoms with Crippen LogP contribution in [0.3, 0.4) is 0 Å². The van der Waals surface area contributed by atoms with Gasteiger partial charge in [0.25, 0.3) is 0 Å². The zero-order chi connectivity index (χ0) is 21.3. The number of hydrogen-bond donors (Lipinski definition) is 2. The Bertz CT molecular complexity index is 815. The van der Waals surface area contributed by atoms with Crippen LogP contribution in [0.25, 0.3) is 0 Å². The summed E-state index contributed by atoms with van der Waals surface area (Å²) in [6.07, 6.45) is -3.96. The number of aryl methyl sites for hydroxylation is 1. The Kier molecular flexibility index (Phi) is 10.7. The van der Waals surface area contributed by atoms with Gasteiger partial charge in [0.15, 0.2) is 5.96 Å². The summed E-state index contributed by atoms with van der Waals surface area (Å²) in [5.74, 6) is 0.542. The Balaban J connectivity index is 0.00000450. The van der Waals surface area contributed by atoms with Gasteiger partial charge in [-0.15, -0.1) is 37.1 Å². The lowest BCUT2D eigenvalue weighted by molar-refractivity contribution is -0.274. The van der Waals surface area contributed by atoms with E-state index in [4.69, 9.17) is 15.2 Å². The molecule has 6 nitrogen and oxygen atoms in total. The Morgan fingerprint density at radius 1 is 1.10 bits per heavy atom. The number of nitrogens with two attached hydrogens (primary N) is 1. The molecular weight excluding hydrogens is 514 g/mol. The smallest absolute Gasteiger partial charge is 0.493 e. The molecule has 166 valence electrons. The van der Waals surface area contributed by atoms with E-state index in [9.17, 15) is 13.2 Å². The molecule has 0 spiro atoms. The van der Waals surface area contributed by atoms with E-state index in [1.54, 1.807) is 7.11 Å². The Hall–Kier alpha value is -2.21. The van der Waals surface area contributed by atoms with E-state index >= 15 is 0 Å². The molecule has 0 radical (unpaired) electrons. The van der Waals surface area contributed by atoms with Gasteiger partial charge in [-0.05, 0) is 42.8 Å². The fraction of sp³-hybridized carbons (Fsp3) is 0.350. The number of ether oxygens (including phenoxy) is 3. The normalized spacial score (nSPS) is 11.6. The van der Waals surface area contributed by atoms with Crippen LogP contribution in [0.1, 0.15) is 17.5 Å². The third kappa shape index (κ3) is 9.53. The van der Waals surface area contributed by atoms with Gasteiger partial charge in [0.05, 0.1) is 13.2 Å². The maximum absolute atomic E-state index is 12.2. The van der Waals surface area contributed by atoms with Crippen molar-refractivity contribution in [2.45, 2.75) is 26.3 Å². The summed E-state index contributed by atoms with van der Waals surface area (Å²) in [5.41, 5.74) is 8.30. The first kappa shape index (κ1) is 25.8. The summed E-state index contributed by atoms with van der Waals surface area (Å²) in [6.45, 7) is 3.39. The van der Waals surface area contributed by atoms with Crippen LogP contribution in [-0.2, 0) is 11.3 Å². The average Bonchev–Trinajstić information content (AvgIpc) is 2.65. The molecule has 0 aliphatic carbocycles. The highest BCUT2D eigenvalue weighted by Crippen LogP contribution is 2.24. The summed E-state index contributed by atoms with van der Waals surface area (Å²) in [6, 6.07) is 11.0. The summed E-state index contributed by atoms with van der Waals surface area (Å²) < 4.78 is 51.2. The number of rotatable bonds is 9. The summed E-state index contributed by atoms with van der Waals surface area (Å²) in [4.78, 5) is 4.27. The first-order chi connectivity index (χ1) is 13.8. The molecule has 0 saturated heterocycles. The van der Waals surface area contributed by atoms with Gasteiger partial charge in [-0.25, -0.2) is 4.99 Å². The number of hydrogen-bond acceptors (Lipinski definition) is 4. The van der Waals surface area contributed by atoms with Crippen LogP contribution in [0.15, 0.2) is 47.5 Å². The third-order valence-corrected chi connectivity index (χ3v) is 3.75. The van der Waals surface area contributed by atoms with Crippen molar-refractivity contribution in [2.75, 3.05) is 25.6 Å². The first-order valence-electron chi connectivity index (χ1n) is 8.91. The summed E-state index contributed by atoms with van der Waals surface area (Å²) in [7, 11) is 1.64. The number of halogens is 4. The van der Waals surface area contributed by atoms with E-state index in [2.05, 4.69) is 15.0 Å². The van der Waals surface area contributed by atoms with E-state index in [1.165, 1.54) is 24.3 Å². The van der Waals surface area contributed by atoms with Crippen molar-refractivity contribution >= 4 is 35.6 Å². The lowest BCUT2D eigenvalue weighted by Gasteiger charge is -2.12. The highest BCUT2D eigenvalue weighted by molar-refractivity contribution is 14.0. The van der Waals surface area contributed by atoms with Gasteiger partial charge in [-0.3, -0.25) is 0 Å². The molecule has 0 atom stereocenters. The number of guanidine groups is 1. The highest BCUT2D eigenvalue weighted by Gasteiger charge is 2.30. The molecule has 0 saturated carbocycles. The summed E-state index contributed by atoms with van der Waals surface area (Å²) in [5, 5.41) is 2.83. The van der Waals surface area contributed by atoms with E-state index in [-0.39, 0.29) is 42.2 Å². The topological polar surface area (TPSA) is 78.1 Å². The zero-order valence-corrected chi connectivity index (χ0v) is 19.0. The molecule has 0 heterocycles. The predicted molar refractivity (Wildman–Crippen MR) is 121 cm³/mol. The molecule has 0 unspecified atom stereocenters. The molecule has 2 aromatic carbocycles. The van der Waals surface area contributed by atoms with Crippen molar-refractivity contribution < 1.29 is 27.4 Å². The fourth-order valence-electron chi connectivity index (χ4n) is 2.41. The van der Waals surface area contributed by atoms with Gasteiger partial charge in [-0.1, -0.05) is 12.1 Å². The molecular formula is C20H25F3IN3O3.